The van der Waals surface area contributed by atoms with Gasteiger partial charge in [-0.1, -0.05) is 6.07 Å². The lowest BCUT2D eigenvalue weighted by molar-refractivity contribution is 0.543. The molecular formula is C15H19F2N3. The van der Waals surface area contributed by atoms with Crippen molar-refractivity contribution in [2.45, 2.75) is 32.7 Å². The van der Waals surface area contributed by atoms with Gasteiger partial charge in [0.25, 0.3) is 0 Å². The van der Waals surface area contributed by atoms with Crippen LogP contribution < -0.4 is 5.73 Å². The van der Waals surface area contributed by atoms with Gasteiger partial charge in [0.15, 0.2) is 0 Å². The predicted molar refractivity (Wildman–Crippen MR) is 74.3 cm³/mol. The Labute approximate surface area is 117 Å². The average molecular weight is 279 g/mol. The van der Waals surface area contributed by atoms with E-state index in [4.69, 9.17) is 5.73 Å². The van der Waals surface area contributed by atoms with E-state index in [1.807, 2.05) is 25.6 Å². The Morgan fingerprint density at radius 3 is 2.55 bits per heavy atom. The molecule has 0 spiro atoms. The highest BCUT2D eigenvalue weighted by Crippen LogP contribution is 2.22. The quantitative estimate of drug-likeness (QED) is 0.935. The van der Waals surface area contributed by atoms with E-state index in [-0.39, 0.29) is 0 Å². The molecule has 0 aliphatic heterocycles. The van der Waals surface area contributed by atoms with Crippen LogP contribution in [-0.4, -0.2) is 9.78 Å². The van der Waals surface area contributed by atoms with Crippen LogP contribution in [0.1, 0.15) is 35.0 Å². The van der Waals surface area contributed by atoms with Gasteiger partial charge in [0.2, 0.25) is 0 Å². The Bertz CT molecular complexity index is 620. The zero-order valence-corrected chi connectivity index (χ0v) is 12.0. The summed E-state index contributed by atoms with van der Waals surface area (Å²) in [5, 5.41) is 4.34. The fourth-order valence-corrected chi connectivity index (χ4v) is 2.44. The van der Waals surface area contributed by atoms with Crippen LogP contribution in [0.4, 0.5) is 8.78 Å². The third kappa shape index (κ3) is 2.88. The van der Waals surface area contributed by atoms with Gasteiger partial charge in [-0.25, -0.2) is 8.78 Å². The summed E-state index contributed by atoms with van der Waals surface area (Å²) in [7, 11) is 1.89. The molecule has 1 atom stereocenters. The molecule has 5 heteroatoms. The molecule has 20 heavy (non-hydrogen) atoms. The summed E-state index contributed by atoms with van der Waals surface area (Å²) in [6.07, 6.45) is 1.32. The molecular weight excluding hydrogens is 260 g/mol. The first kappa shape index (κ1) is 14.7. The lowest BCUT2D eigenvalue weighted by Gasteiger charge is -2.13. The standard InChI is InChI=1S/C15H19F2N3/c1-9-12(10(2)20(3)19-9)6-7-15(18)13-5-4-11(16)8-14(13)17/h4-5,8,15H,6-7,18H2,1-3H3. The first-order chi connectivity index (χ1) is 9.40. The summed E-state index contributed by atoms with van der Waals surface area (Å²) in [5.41, 5.74) is 9.57. The van der Waals surface area contributed by atoms with Crippen molar-refractivity contribution in [3.8, 4) is 0 Å². The molecule has 0 aliphatic carbocycles. The Hall–Kier alpha value is -1.75. The molecule has 0 saturated carbocycles. The van der Waals surface area contributed by atoms with E-state index in [1.54, 1.807) is 0 Å². The zero-order valence-electron chi connectivity index (χ0n) is 12.0. The molecule has 2 rings (SSSR count). The first-order valence-electron chi connectivity index (χ1n) is 6.59. The Balaban J connectivity index is 2.10. The van der Waals surface area contributed by atoms with Gasteiger partial charge in [0.05, 0.1) is 5.69 Å². The van der Waals surface area contributed by atoms with E-state index < -0.39 is 17.7 Å². The summed E-state index contributed by atoms with van der Waals surface area (Å²) in [4.78, 5) is 0. The number of hydrogen-bond acceptors (Lipinski definition) is 2. The third-order valence-corrected chi connectivity index (χ3v) is 3.73. The van der Waals surface area contributed by atoms with Crippen LogP contribution in [0, 0.1) is 25.5 Å². The molecule has 3 nitrogen and oxygen atoms in total. The number of aromatic nitrogens is 2. The molecule has 2 N–H and O–H groups in total. The number of benzene rings is 1. The summed E-state index contributed by atoms with van der Waals surface area (Å²) in [5.74, 6) is -1.17. The van der Waals surface area contributed by atoms with Crippen LogP contribution in [0.2, 0.25) is 0 Å². The molecule has 0 bridgehead atoms. The number of rotatable bonds is 4. The van der Waals surface area contributed by atoms with Crippen molar-refractivity contribution < 1.29 is 8.78 Å². The summed E-state index contributed by atoms with van der Waals surface area (Å²) in [6.45, 7) is 3.95. The number of nitrogens with zero attached hydrogens (tertiary/aromatic N) is 2. The summed E-state index contributed by atoms with van der Waals surface area (Å²) in [6, 6.07) is 3.07. The van der Waals surface area contributed by atoms with Gasteiger partial charge in [-0.05, 0) is 38.3 Å². The van der Waals surface area contributed by atoms with Gasteiger partial charge < -0.3 is 5.73 Å². The van der Waals surface area contributed by atoms with Crippen LogP contribution in [0.25, 0.3) is 0 Å². The highest BCUT2D eigenvalue weighted by molar-refractivity contribution is 5.26. The molecule has 2 aromatic rings. The van der Waals surface area contributed by atoms with Crippen molar-refractivity contribution in [2.24, 2.45) is 12.8 Å². The molecule has 0 fully saturated rings. The lowest BCUT2D eigenvalue weighted by Crippen LogP contribution is -2.13. The largest absolute Gasteiger partial charge is 0.324 e. The third-order valence-electron chi connectivity index (χ3n) is 3.73. The second kappa shape index (κ2) is 5.71. The number of halogens is 2. The molecule has 1 aromatic carbocycles. The highest BCUT2D eigenvalue weighted by atomic mass is 19.1. The van der Waals surface area contributed by atoms with Gasteiger partial charge in [-0.3, -0.25) is 4.68 Å². The molecule has 1 unspecified atom stereocenters. The van der Waals surface area contributed by atoms with E-state index in [1.165, 1.54) is 12.1 Å². The van der Waals surface area contributed by atoms with Crippen LogP contribution in [0.15, 0.2) is 18.2 Å². The first-order valence-corrected chi connectivity index (χ1v) is 6.59. The van der Waals surface area contributed by atoms with Crippen LogP contribution >= 0.6 is 0 Å². The Kier molecular flexibility index (Phi) is 4.18. The van der Waals surface area contributed by atoms with E-state index in [9.17, 15) is 8.78 Å². The molecule has 0 aliphatic rings. The second-order valence-corrected chi connectivity index (χ2v) is 5.08. The minimum atomic E-state index is -0.586. The topological polar surface area (TPSA) is 43.8 Å². The van der Waals surface area contributed by atoms with Gasteiger partial charge in [-0.2, -0.15) is 5.10 Å². The van der Waals surface area contributed by atoms with E-state index in [2.05, 4.69) is 5.10 Å². The average Bonchev–Trinajstić information content (AvgIpc) is 2.61. The fraction of sp³-hybridized carbons (Fsp3) is 0.400. The van der Waals surface area contributed by atoms with E-state index in [0.29, 0.717) is 12.0 Å². The van der Waals surface area contributed by atoms with Gasteiger partial charge in [0, 0.05) is 30.4 Å². The molecule has 0 amide bonds. The monoisotopic (exact) mass is 279 g/mol. The maximum Gasteiger partial charge on any atom is 0.130 e. The minimum Gasteiger partial charge on any atom is -0.324 e. The van der Waals surface area contributed by atoms with Crippen LogP contribution in [0.3, 0.4) is 0 Å². The molecule has 0 saturated heterocycles. The van der Waals surface area contributed by atoms with Crippen molar-refractivity contribution in [1.29, 1.82) is 0 Å². The Morgan fingerprint density at radius 1 is 1.30 bits per heavy atom. The zero-order chi connectivity index (χ0) is 14.9. The lowest BCUT2D eigenvalue weighted by atomic mass is 9.98. The number of hydrogen-bond donors (Lipinski definition) is 1. The number of aryl methyl sites for hydroxylation is 2. The SMILES string of the molecule is Cc1nn(C)c(C)c1CCC(N)c1ccc(F)cc1F. The summed E-state index contributed by atoms with van der Waals surface area (Å²) < 4.78 is 28.4. The van der Waals surface area contributed by atoms with Gasteiger partial charge >= 0.3 is 0 Å². The van der Waals surface area contributed by atoms with E-state index >= 15 is 0 Å². The molecule has 0 radical (unpaired) electrons. The van der Waals surface area contributed by atoms with Crippen molar-refractivity contribution in [3.63, 3.8) is 0 Å². The second-order valence-electron chi connectivity index (χ2n) is 5.08. The van der Waals surface area contributed by atoms with Gasteiger partial charge in [-0.15, -0.1) is 0 Å². The number of nitrogens with two attached hydrogens (primary N) is 1. The molecule has 108 valence electrons. The van der Waals surface area contributed by atoms with Crippen molar-refractivity contribution in [2.75, 3.05) is 0 Å². The van der Waals surface area contributed by atoms with E-state index in [0.717, 1.165) is 29.4 Å². The normalized spacial score (nSPS) is 12.7. The highest BCUT2D eigenvalue weighted by Gasteiger charge is 2.15. The fourth-order valence-electron chi connectivity index (χ4n) is 2.44. The maximum absolute atomic E-state index is 13.7. The van der Waals surface area contributed by atoms with Crippen molar-refractivity contribution >= 4 is 0 Å². The van der Waals surface area contributed by atoms with Crippen LogP contribution in [0.5, 0.6) is 0 Å². The predicted octanol–water partition coefficient (Wildman–Crippen LogP) is 2.95. The molecule has 1 heterocycles. The van der Waals surface area contributed by atoms with Crippen molar-refractivity contribution in [3.05, 3.63) is 52.3 Å². The van der Waals surface area contributed by atoms with Gasteiger partial charge in [0.1, 0.15) is 11.6 Å². The maximum atomic E-state index is 13.7. The molecule has 1 aromatic heterocycles. The summed E-state index contributed by atoms with van der Waals surface area (Å²) >= 11 is 0. The van der Waals surface area contributed by atoms with Crippen LogP contribution in [-0.2, 0) is 13.5 Å². The Morgan fingerprint density at radius 2 is 2.00 bits per heavy atom. The smallest absolute Gasteiger partial charge is 0.130 e. The minimum absolute atomic E-state index is 0.352. The van der Waals surface area contributed by atoms with Crippen molar-refractivity contribution in [1.82, 2.24) is 9.78 Å².